The van der Waals surface area contributed by atoms with E-state index in [1.165, 1.54) is 5.56 Å². The van der Waals surface area contributed by atoms with Crippen LogP contribution >= 0.6 is 0 Å². The first-order valence-corrected chi connectivity index (χ1v) is 9.24. The van der Waals surface area contributed by atoms with Crippen LogP contribution in [0.15, 0.2) is 65.1 Å². The molecule has 0 unspecified atom stereocenters. The largest absolute Gasteiger partial charge is 0.419 e. The molecule has 1 saturated heterocycles. The molecule has 2 aromatic carbocycles. The third-order valence-corrected chi connectivity index (χ3v) is 4.87. The maximum atomic E-state index is 5.77. The SMILES string of the molecule is c1ccc(CN2CCC(NCc3nnc(-c4ccccc4)o3)CC2)cc1. The highest BCUT2D eigenvalue weighted by Crippen LogP contribution is 2.18. The third-order valence-electron chi connectivity index (χ3n) is 4.87. The Morgan fingerprint density at radius 1 is 0.923 bits per heavy atom. The van der Waals surface area contributed by atoms with Gasteiger partial charge in [0, 0.05) is 18.2 Å². The van der Waals surface area contributed by atoms with Crippen molar-refractivity contribution in [2.75, 3.05) is 13.1 Å². The molecule has 0 amide bonds. The predicted octanol–water partition coefficient (Wildman–Crippen LogP) is 3.49. The highest BCUT2D eigenvalue weighted by atomic mass is 16.4. The van der Waals surface area contributed by atoms with E-state index < -0.39 is 0 Å². The third kappa shape index (κ3) is 4.36. The Morgan fingerprint density at radius 3 is 2.35 bits per heavy atom. The minimum Gasteiger partial charge on any atom is -0.419 e. The first-order chi connectivity index (χ1) is 12.9. The first-order valence-electron chi connectivity index (χ1n) is 9.24. The Hall–Kier alpha value is -2.50. The van der Waals surface area contributed by atoms with Crippen molar-refractivity contribution in [1.29, 1.82) is 0 Å². The summed E-state index contributed by atoms with van der Waals surface area (Å²) in [7, 11) is 0. The maximum absolute atomic E-state index is 5.77. The van der Waals surface area contributed by atoms with Gasteiger partial charge in [0.15, 0.2) is 0 Å². The molecule has 0 saturated carbocycles. The van der Waals surface area contributed by atoms with Gasteiger partial charge in [0.1, 0.15) is 0 Å². The number of hydrogen-bond acceptors (Lipinski definition) is 5. The molecule has 26 heavy (non-hydrogen) atoms. The zero-order valence-corrected chi connectivity index (χ0v) is 14.8. The average molecular weight is 348 g/mol. The van der Waals surface area contributed by atoms with Crippen molar-refractivity contribution in [3.8, 4) is 11.5 Å². The Balaban J connectivity index is 1.23. The highest BCUT2D eigenvalue weighted by Gasteiger charge is 2.19. The Kier molecular flexibility index (Phi) is 5.38. The van der Waals surface area contributed by atoms with Crippen molar-refractivity contribution >= 4 is 0 Å². The molecule has 5 heteroatoms. The molecule has 0 bridgehead atoms. The van der Waals surface area contributed by atoms with Gasteiger partial charge in [-0.1, -0.05) is 48.5 Å². The van der Waals surface area contributed by atoms with Gasteiger partial charge in [-0.15, -0.1) is 10.2 Å². The van der Waals surface area contributed by atoms with E-state index in [1.54, 1.807) is 0 Å². The van der Waals surface area contributed by atoms with Gasteiger partial charge in [-0.05, 0) is 43.6 Å². The number of rotatable bonds is 6. The van der Waals surface area contributed by atoms with Crippen molar-refractivity contribution in [2.24, 2.45) is 0 Å². The van der Waals surface area contributed by atoms with Crippen LogP contribution in [0.3, 0.4) is 0 Å². The van der Waals surface area contributed by atoms with Crippen LogP contribution in [0.2, 0.25) is 0 Å². The van der Waals surface area contributed by atoms with Crippen LogP contribution in [-0.4, -0.2) is 34.2 Å². The summed E-state index contributed by atoms with van der Waals surface area (Å²) in [5.41, 5.74) is 2.35. The minimum atomic E-state index is 0.508. The van der Waals surface area contributed by atoms with Gasteiger partial charge in [-0.2, -0.15) is 0 Å². The molecule has 0 radical (unpaired) electrons. The second kappa shape index (κ2) is 8.25. The van der Waals surface area contributed by atoms with Crippen LogP contribution in [-0.2, 0) is 13.1 Å². The van der Waals surface area contributed by atoms with Gasteiger partial charge in [0.05, 0.1) is 6.54 Å². The molecule has 0 spiro atoms. The Morgan fingerprint density at radius 2 is 1.62 bits per heavy atom. The van der Waals surface area contributed by atoms with Crippen molar-refractivity contribution in [1.82, 2.24) is 20.4 Å². The Bertz CT molecular complexity index is 795. The monoisotopic (exact) mass is 348 g/mol. The minimum absolute atomic E-state index is 0.508. The molecule has 0 atom stereocenters. The fraction of sp³-hybridized carbons (Fsp3) is 0.333. The van der Waals surface area contributed by atoms with E-state index in [0.717, 1.165) is 38.0 Å². The summed E-state index contributed by atoms with van der Waals surface area (Å²) in [5, 5.41) is 11.9. The lowest BCUT2D eigenvalue weighted by Gasteiger charge is -2.32. The van der Waals surface area contributed by atoms with Crippen LogP contribution in [0.25, 0.3) is 11.5 Å². The van der Waals surface area contributed by atoms with E-state index in [4.69, 9.17) is 4.42 Å². The van der Waals surface area contributed by atoms with E-state index in [0.29, 0.717) is 24.4 Å². The van der Waals surface area contributed by atoms with Gasteiger partial charge >= 0.3 is 0 Å². The number of aromatic nitrogens is 2. The number of nitrogens with one attached hydrogen (secondary N) is 1. The van der Waals surface area contributed by atoms with Gasteiger partial charge in [-0.25, -0.2) is 0 Å². The topological polar surface area (TPSA) is 54.2 Å². The summed E-state index contributed by atoms with van der Waals surface area (Å²) in [6.07, 6.45) is 2.29. The van der Waals surface area contributed by atoms with Crippen molar-refractivity contribution in [3.63, 3.8) is 0 Å². The normalized spacial score (nSPS) is 16.0. The molecule has 134 valence electrons. The zero-order valence-electron chi connectivity index (χ0n) is 14.8. The first kappa shape index (κ1) is 16.9. The molecule has 1 aliphatic rings. The van der Waals surface area contributed by atoms with Gasteiger partial charge in [0.25, 0.3) is 0 Å². The number of nitrogens with zero attached hydrogens (tertiary/aromatic N) is 3. The molecule has 4 rings (SSSR count). The second-order valence-corrected chi connectivity index (χ2v) is 6.78. The molecule has 0 aliphatic carbocycles. The van der Waals surface area contributed by atoms with Crippen molar-refractivity contribution in [2.45, 2.75) is 32.0 Å². The Labute approximate surface area is 154 Å². The van der Waals surface area contributed by atoms with Crippen LogP contribution in [0.1, 0.15) is 24.3 Å². The summed E-state index contributed by atoms with van der Waals surface area (Å²) in [6.45, 7) is 3.90. The van der Waals surface area contributed by atoms with Gasteiger partial charge in [-0.3, -0.25) is 4.90 Å². The molecule has 3 aromatic rings. The molecular weight excluding hydrogens is 324 g/mol. The molecule has 1 fully saturated rings. The molecule has 1 aromatic heterocycles. The zero-order chi connectivity index (χ0) is 17.6. The van der Waals surface area contributed by atoms with Crippen molar-refractivity contribution in [3.05, 3.63) is 72.1 Å². The summed E-state index contributed by atoms with van der Waals surface area (Å²) in [6, 6.07) is 21.1. The van der Waals surface area contributed by atoms with E-state index in [2.05, 4.69) is 50.7 Å². The molecule has 1 aliphatic heterocycles. The number of benzene rings is 2. The molecule has 5 nitrogen and oxygen atoms in total. The maximum Gasteiger partial charge on any atom is 0.247 e. The van der Waals surface area contributed by atoms with Crippen LogP contribution in [0, 0.1) is 0 Å². The van der Waals surface area contributed by atoms with E-state index >= 15 is 0 Å². The predicted molar refractivity (Wildman–Crippen MR) is 101 cm³/mol. The van der Waals surface area contributed by atoms with E-state index in [1.807, 2.05) is 30.3 Å². The summed E-state index contributed by atoms with van der Waals surface area (Å²) < 4.78 is 5.77. The van der Waals surface area contributed by atoms with Crippen LogP contribution in [0.5, 0.6) is 0 Å². The second-order valence-electron chi connectivity index (χ2n) is 6.78. The number of hydrogen-bond donors (Lipinski definition) is 1. The summed E-state index contributed by atoms with van der Waals surface area (Å²) in [4.78, 5) is 2.52. The van der Waals surface area contributed by atoms with E-state index in [9.17, 15) is 0 Å². The smallest absolute Gasteiger partial charge is 0.247 e. The molecular formula is C21H24N4O. The number of likely N-dealkylation sites (tertiary alicyclic amines) is 1. The van der Waals surface area contributed by atoms with Gasteiger partial charge in [0.2, 0.25) is 11.8 Å². The van der Waals surface area contributed by atoms with Crippen molar-refractivity contribution < 1.29 is 4.42 Å². The van der Waals surface area contributed by atoms with E-state index in [-0.39, 0.29) is 0 Å². The fourth-order valence-electron chi connectivity index (χ4n) is 3.39. The number of piperidine rings is 1. The highest BCUT2D eigenvalue weighted by molar-refractivity contribution is 5.51. The quantitative estimate of drug-likeness (QED) is 0.739. The standard InChI is InChI=1S/C21H24N4O/c1-3-7-17(8-4-1)16-25-13-11-19(12-14-25)22-15-20-23-24-21(26-20)18-9-5-2-6-10-18/h1-10,19,22H,11-16H2. The fourth-order valence-corrected chi connectivity index (χ4v) is 3.39. The lowest BCUT2D eigenvalue weighted by atomic mass is 10.0. The molecule has 2 heterocycles. The van der Waals surface area contributed by atoms with Crippen LogP contribution in [0.4, 0.5) is 0 Å². The lowest BCUT2D eigenvalue weighted by Crippen LogP contribution is -2.41. The summed E-state index contributed by atoms with van der Waals surface area (Å²) in [5.74, 6) is 1.23. The lowest BCUT2D eigenvalue weighted by molar-refractivity contribution is 0.188. The average Bonchev–Trinajstić information content (AvgIpc) is 3.18. The summed E-state index contributed by atoms with van der Waals surface area (Å²) >= 11 is 0. The van der Waals surface area contributed by atoms with Crippen LogP contribution < -0.4 is 5.32 Å². The van der Waals surface area contributed by atoms with Gasteiger partial charge < -0.3 is 9.73 Å². The molecule has 1 N–H and O–H groups in total.